The van der Waals surface area contributed by atoms with Gasteiger partial charge in [-0.15, -0.1) is 0 Å². The van der Waals surface area contributed by atoms with Crippen LogP contribution in [0.2, 0.25) is 0 Å². The van der Waals surface area contributed by atoms with E-state index in [1.165, 1.54) is 25.5 Å². The Morgan fingerprint density at radius 1 is 1.16 bits per heavy atom. The Kier molecular flexibility index (Phi) is 7.96. The molecule has 0 aliphatic heterocycles. The number of ether oxygens (including phenoxy) is 2. The minimum atomic E-state index is -0.453. The molecule has 0 aliphatic rings. The van der Waals surface area contributed by atoms with Crippen LogP contribution in [-0.4, -0.2) is 24.2 Å². The number of nitro benzene ring substituents is 1. The number of carbonyl (C=O) groups excluding carboxylic acids is 1. The second kappa shape index (κ2) is 10.9. The van der Waals surface area contributed by atoms with Crippen molar-refractivity contribution in [3.63, 3.8) is 0 Å². The first-order valence-electron chi connectivity index (χ1n) is 9.20. The SMILES string of the molecule is COc1cc(/C=N\NC(=O)c2cccc(Br)c2)cc(Br)c1OCc1ccc([N+](=O)[O-])cc1. The largest absolute Gasteiger partial charge is 0.493 e. The molecule has 0 aromatic heterocycles. The average Bonchev–Trinajstić information content (AvgIpc) is 2.78. The van der Waals surface area contributed by atoms with Crippen LogP contribution in [0, 0.1) is 10.1 Å². The van der Waals surface area contributed by atoms with Crippen molar-refractivity contribution in [2.75, 3.05) is 7.11 Å². The third kappa shape index (κ3) is 6.14. The highest BCUT2D eigenvalue weighted by Gasteiger charge is 2.12. The van der Waals surface area contributed by atoms with Crippen LogP contribution in [0.1, 0.15) is 21.5 Å². The zero-order valence-corrected chi connectivity index (χ0v) is 19.9. The third-order valence-corrected chi connectivity index (χ3v) is 5.33. The summed E-state index contributed by atoms with van der Waals surface area (Å²) in [6, 6.07) is 16.6. The lowest BCUT2D eigenvalue weighted by molar-refractivity contribution is -0.384. The van der Waals surface area contributed by atoms with E-state index in [1.807, 2.05) is 6.07 Å². The fraction of sp³-hybridized carbons (Fsp3) is 0.0909. The lowest BCUT2D eigenvalue weighted by Gasteiger charge is -2.13. The van der Waals surface area contributed by atoms with Gasteiger partial charge in [-0.2, -0.15) is 5.10 Å². The van der Waals surface area contributed by atoms with E-state index < -0.39 is 4.92 Å². The minimum absolute atomic E-state index is 0.0168. The Labute approximate surface area is 200 Å². The molecule has 0 heterocycles. The summed E-state index contributed by atoms with van der Waals surface area (Å²) < 4.78 is 12.7. The molecule has 0 bridgehead atoms. The number of non-ortho nitro benzene ring substituents is 1. The highest BCUT2D eigenvalue weighted by molar-refractivity contribution is 9.10. The van der Waals surface area contributed by atoms with Crippen molar-refractivity contribution < 1.29 is 19.2 Å². The summed E-state index contributed by atoms with van der Waals surface area (Å²) in [7, 11) is 1.51. The zero-order valence-electron chi connectivity index (χ0n) is 16.7. The number of benzene rings is 3. The zero-order chi connectivity index (χ0) is 23.1. The van der Waals surface area contributed by atoms with Crippen molar-refractivity contribution in [3.05, 3.63) is 96.4 Å². The second-order valence-corrected chi connectivity index (χ2v) is 8.23. The fourth-order valence-corrected chi connectivity index (χ4v) is 3.66. The van der Waals surface area contributed by atoms with E-state index in [4.69, 9.17) is 9.47 Å². The highest BCUT2D eigenvalue weighted by atomic mass is 79.9. The Bertz CT molecular complexity index is 1170. The summed E-state index contributed by atoms with van der Waals surface area (Å²) in [5, 5.41) is 14.8. The topological polar surface area (TPSA) is 103 Å². The van der Waals surface area contributed by atoms with Crippen LogP contribution in [0.4, 0.5) is 5.69 Å². The van der Waals surface area contributed by atoms with Crippen LogP contribution in [0.15, 0.2) is 74.7 Å². The molecule has 1 amide bonds. The predicted octanol–water partition coefficient (Wildman–Crippen LogP) is 5.47. The smallest absolute Gasteiger partial charge is 0.271 e. The number of rotatable bonds is 8. The summed E-state index contributed by atoms with van der Waals surface area (Å²) in [6.45, 7) is 0.198. The van der Waals surface area contributed by atoms with Gasteiger partial charge in [-0.25, -0.2) is 5.43 Å². The minimum Gasteiger partial charge on any atom is -0.493 e. The standard InChI is InChI=1S/C22H17Br2N3O5/c1-31-20-10-15(12-25-26-22(28)16-3-2-4-17(23)11-16)9-19(24)21(20)32-13-14-5-7-18(8-6-14)27(29)30/h2-12H,13H2,1H3,(H,26,28)/b25-12-. The van der Waals surface area contributed by atoms with Gasteiger partial charge in [0.15, 0.2) is 11.5 Å². The van der Waals surface area contributed by atoms with Crippen molar-refractivity contribution in [1.29, 1.82) is 0 Å². The second-order valence-electron chi connectivity index (χ2n) is 6.46. The number of methoxy groups -OCH3 is 1. The van der Waals surface area contributed by atoms with Crippen LogP contribution in [0.25, 0.3) is 0 Å². The molecule has 3 aromatic carbocycles. The summed E-state index contributed by atoms with van der Waals surface area (Å²) in [4.78, 5) is 22.5. The van der Waals surface area contributed by atoms with Crippen LogP contribution in [0.3, 0.4) is 0 Å². The molecule has 0 radical (unpaired) electrons. The number of carbonyl (C=O) groups is 1. The predicted molar refractivity (Wildman–Crippen MR) is 127 cm³/mol. The first-order chi connectivity index (χ1) is 15.4. The molecule has 0 fully saturated rings. The lowest BCUT2D eigenvalue weighted by atomic mass is 10.2. The van der Waals surface area contributed by atoms with Crippen molar-refractivity contribution in [2.45, 2.75) is 6.61 Å². The third-order valence-electron chi connectivity index (χ3n) is 4.25. The normalized spacial score (nSPS) is 10.7. The Morgan fingerprint density at radius 2 is 1.91 bits per heavy atom. The number of amides is 1. The maximum atomic E-state index is 12.2. The van der Waals surface area contributed by atoms with Gasteiger partial charge < -0.3 is 9.47 Å². The summed E-state index contributed by atoms with van der Waals surface area (Å²) >= 11 is 6.79. The molecule has 0 spiro atoms. The van der Waals surface area contributed by atoms with Gasteiger partial charge in [-0.05, 0) is 69.5 Å². The molecule has 164 valence electrons. The molecule has 0 unspecified atom stereocenters. The summed E-state index contributed by atoms with van der Waals surface area (Å²) in [5.41, 5.74) is 4.41. The summed E-state index contributed by atoms with van der Waals surface area (Å²) in [5.74, 6) is 0.596. The van der Waals surface area contributed by atoms with Gasteiger partial charge in [0, 0.05) is 22.2 Å². The van der Waals surface area contributed by atoms with E-state index >= 15 is 0 Å². The first kappa shape index (κ1) is 23.4. The van der Waals surface area contributed by atoms with Gasteiger partial charge in [-0.3, -0.25) is 14.9 Å². The number of nitrogens with one attached hydrogen (secondary N) is 1. The van der Waals surface area contributed by atoms with Crippen molar-refractivity contribution in [1.82, 2.24) is 5.43 Å². The van der Waals surface area contributed by atoms with Gasteiger partial charge in [0.05, 0.1) is 22.7 Å². The maximum absolute atomic E-state index is 12.2. The van der Waals surface area contributed by atoms with Crippen molar-refractivity contribution >= 4 is 49.7 Å². The monoisotopic (exact) mass is 561 g/mol. The van der Waals surface area contributed by atoms with E-state index in [0.29, 0.717) is 27.1 Å². The molecule has 0 saturated carbocycles. The number of hydrazone groups is 1. The first-order valence-corrected chi connectivity index (χ1v) is 10.8. The fourth-order valence-electron chi connectivity index (χ4n) is 2.68. The molecule has 3 rings (SSSR count). The van der Waals surface area contributed by atoms with E-state index in [-0.39, 0.29) is 18.2 Å². The quantitative estimate of drug-likeness (QED) is 0.223. The average molecular weight is 563 g/mol. The summed E-state index contributed by atoms with van der Waals surface area (Å²) in [6.07, 6.45) is 1.49. The molecule has 0 saturated heterocycles. The molecular weight excluding hydrogens is 546 g/mol. The Balaban J connectivity index is 1.68. The number of hydrogen-bond acceptors (Lipinski definition) is 6. The molecule has 1 N–H and O–H groups in total. The van der Waals surface area contributed by atoms with Crippen molar-refractivity contribution in [3.8, 4) is 11.5 Å². The van der Waals surface area contributed by atoms with E-state index in [0.717, 1.165) is 10.0 Å². The van der Waals surface area contributed by atoms with Gasteiger partial charge in [0.25, 0.3) is 11.6 Å². The van der Waals surface area contributed by atoms with Crippen LogP contribution < -0.4 is 14.9 Å². The number of nitro groups is 1. The van der Waals surface area contributed by atoms with Gasteiger partial charge >= 0.3 is 0 Å². The van der Waals surface area contributed by atoms with Gasteiger partial charge in [0.1, 0.15) is 6.61 Å². The molecule has 32 heavy (non-hydrogen) atoms. The molecule has 0 aliphatic carbocycles. The maximum Gasteiger partial charge on any atom is 0.271 e. The van der Waals surface area contributed by atoms with E-state index in [9.17, 15) is 14.9 Å². The Morgan fingerprint density at radius 3 is 2.56 bits per heavy atom. The Hall–Kier alpha value is -3.24. The molecule has 8 nitrogen and oxygen atoms in total. The molecule has 3 aromatic rings. The van der Waals surface area contributed by atoms with E-state index in [1.54, 1.807) is 42.5 Å². The number of nitrogens with zero attached hydrogens (tertiary/aromatic N) is 2. The van der Waals surface area contributed by atoms with E-state index in [2.05, 4.69) is 42.4 Å². The molecule has 10 heteroatoms. The van der Waals surface area contributed by atoms with Crippen LogP contribution >= 0.6 is 31.9 Å². The van der Waals surface area contributed by atoms with Crippen molar-refractivity contribution in [2.24, 2.45) is 5.10 Å². The van der Waals surface area contributed by atoms with Gasteiger partial charge in [-0.1, -0.05) is 22.0 Å². The molecule has 0 atom stereocenters. The number of hydrogen-bond donors (Lipinski definition) is 1. The number of halogens is 2. The van der Waals surface area contributed by atoms with Gasteiger partial charge in [0.2, 0.25) is 0 Å². The van der Waals surface area contributed by atoms with Crippen LogP contribution in [-0.2, 0) is 6.61 Å². The van der Waals surface area contributed by atoms with Crippen LogP contribution in [0.5, 0.6) is 11.5 Å². The highest BCUT2D eigenvalue weighted by Crippen LogP contribution is 2.37. The lowest BCUT2D eigenvalue weighted by Crippen LogP contribution is -2.17. The molecular formula is C22H17Br2N3O5.